The highest BCUT2D eigenvalue weighted by Gasteiger charge is 2.25. The Morgan fingerprint density at radius 1 is 1.38 bits per heavy atom. The van der Waals surface area contributed by atoms with Crippen LogP contribution in [0.1, 0.15) is 11.9 Å². The number of hydrogen-bond acceptors (Lipinski definition) is 4. The van der Waals surface area contributed by atoms with Crippen molar-refractivity contribution in [2.45, 2.75) is 12.2 Å². The number of primary amides is 1. The molecule has 1 amide bonds. The Morgan fingerprint density at radius 3 is 2.69 bits per heavy atom. The molecule has 2 atom stereocenters. The highest BCUT2D eigenvalue weighted by atomic mass is 16.3. The molecule has 1 aromatic carbocycles. The summed E-state index contributed by atoms with van der Waals surface area (Å²) in [4.78, 5) is 17.5. The lowest BCUT2D eigenvalue weighted by molar-refractivity contribution is -0.132. The van der Waals surface area contributed by atoms with Gasteiger partial charge in [-0.25, -0.2) is 4.98 Å². The van der Waals surface area contributed by atoms with E-state index in [1.54, 1.807) is 24.3 Å². The van der Waals surface area contributed by atoms with Crippen molar-refractivity contribution in [2.75, 3.05) is 0 Å². The number of para-hydroxylation sites is 2. The van der Waals surface area contributed by atoms with Gasteiger partial charge in [0.15, 0.2) is 6.10 Å². The molecule has 0 saturated heterocycles. The summed E-state index contributed by atoms with van der Waals surface area (Å²) in [5, 5.41) is 18.9. The molecular formula is C10H11N3O3. The van der Waals surface area contributed by atoms with E-state index in [-0.39, 0.29) is 5.82 Å². The summed E-state index contributed by atoms with van der Waals surface area (Å²) in [6.45, 7) is 0. The minimum absolute atomic E-state index is 0.118. The van der Waals surface area contributed by atoms with Crippen molar-refractivity contribution in [1.82, 2.24) is 9.97 Å². The second-order valence-electron chi connectivity index (χ2n) is 3.43. The largest absolute Gasteiger partial charge is 0.382 e. The molecule has 1 aromatic heterocycles. The van der Waals surface area contributed by atoms with Crippen LogP contribution in [-0.2, 0) is 4.79 Å². The number of aliphatic hydroxyl groups is 2. The van der Waals surface area contributed by atoms with Crippen LogP contribution in [0.15, 0.2) is 24.3 Å². The Balaban J connectivity index is 2.36. The third-order valence-corrected chi connectivity index (χ3v) is 2.28. The number of aliphatic hydroxyl groups excluding tert-OH is 2. The number of H-pyrrole nitrogens is 1. The lowest BCUT2D eigenvalue weighted by Crippen LogP contribution is -2.34. The standard InChI is InChI=1S/C10H11N3O3/c11-9(16)7(14)8(15)10-12-5-3-1-2-4-6(5)13-10/h1-4,7-8,14-15H,(H2,11,16)(H,12,13). The van der Waals surface area contributed by atoms with E-state index in [0.29, 0.717) is 11.0 Å². The quantitative estimate of drug-likeness (QED) is 0.556. The zero-order valence-corrected chi connectivity index (χ0v) is 8.29. The van der Waals surface area contributed by atoms with Crippen molar-refractivity contribution in [3.63, 3.8) is 0 Å². The van der Waals surface area contributed by atoms with E-state index in [0.717, 1.165) is 0 Å². The average molecular weight is 221 g/mol. The van der Waals surface area contributed by atoms with Crippen molar-refractivity contribution in [3.05, 3.63) is 30.1 Å². The van der Waals surface area contributed by atoms with E-state index < -0.39 is 18.1 Å². The Labute approximate surface area is 90.7 Å². The smallest absolute Gasteiger partial charge is 0.249 e. The molecule has 0 fully saturated rings. The number of amides is 1. The Bertz CT molecular complexity index is 490. The van der Waals surface area contributed by atoms with Crippen molar-refractivity contribution >= 4 is 16.9 Å². The minimum atomic E-state index is -1.67. The number of imidazole rings is 1. The number of benzene rings is 1. The van der Waals surface area contributed by atoms with Crippen LogP contribution >= 0.6 is 0 Å². The number of rotatable bonds is 3. The van der Waals surface area contributed by atoms with E-state index in [2.05, 4.69) is 9.97 Å². The third-order valence-electron chi connectivity index (χ3n) is 2.28. The number of hydrogen-bond donors (Lipinski definition) is 4. The third kappa shape index (κ3) is 1.75. The fraction of sp³-hybridized carbons (Fsp3) is 0.200. The van der Waals surface area contributed by atoms with Crippen LogP contribution < -0.4 is 5.73 Å². The first kappa shape index (κ1) is 10.6. The number of nitrogens with zero attached hydrogens (tertiary/aromatic N) is 1. The number of aromatic nitrogens is 2. The maximum atomic E-state index is 10.7. The van der Waals surface area contributed by atoms with Crippen molar-refractivity contribution in [2.24, 2.45) is 5.73 Å². The number of nitrogens with two attached hydrogens (primary N) is 1. The molecule has 5 N–H and O–H groups in total. The summed E-state index contributed by atoms with van der Waals surface area (Å²) < 4.78 is 0. The first-order valence-electron chi connectivity index (χ1n) is 4.69. The number of aromatic amines is 1. The number of carbonyl (C=O) groups excluding carboxylic acids is 1. The van der Waals surface area contributed by atoms with Gasteiger partial charge in [-0.2, -0.15) is 0 Å². The summed E-state index contributed by atoms with van der Waals surface area (Å²) in [6, 6.07) is 7.12. The summed E-state index contributed by atoms with van der Waals surface area (Å²) >= 11 is 0. The molecule has 6 heteroatoms. The molecule has 0 bridgehead atoms. The van der Waals surface area contributed by atoms with Gasteiger partial charge in [0.2, 0.25) is 5.91 Å². The van der Waals surface area contributed by atoms with Gasteiger partial charge in [0.05, 0.1) is 11.0 Å². The first-order chi connectivity index (χ1) is 7.59. The SMILES string of the molecule is NC(=O)C(O)C(O)c1nc2ccccc2[nH]1. The minimum Gasteiger partial charge on any atom is -0.382 e. The molecule has 84 valence electrons. The molecule has 16 heavy (non-hydrogen) atoms. The monoisotopic (exact) mass is 221 g/mol. The van der Waals surface area contributed by atoms with Gasteiger partial charge in [0, 0.05) is 0 Å². The lowest BCUT2D eigenvalue weighted by Gasteiger charge is -2.11. The molecule has 0 aliphatic carbocycles. The molecule has 0 saturated carbocycles. The maximum absolute atomic E-state index is 10.7. The molecule has 2 rings (SSSR count). The summed E-state index contributed by atoms with van der Waals surface area (Å²) in [7, 11) is 0. The Morgan fingerprint density at radius 2 is 2.06 bits per heavy atom. The zero-order chi connectivity index (χ0) is 11.7. The van der Waals surface area contributed by atoms with Crippen LogP contribution in [0, 0.1) is 0 Å². The van der Waals surface area contributed by atoms with Crippen LogP contribution in [0.5, 0.6) is 0 Å². The molecule has 0 radical (unpaired) electrons. The van der Waals surface area contributed by atoms with Crippen molar-refractivity contribution in [3.8, 4) is 0 Å². The molecule has 2 unspecified atom stereocenters. The topological polar surface area (TPSA) is 112 Å². The lowest BCUT2D eigenvalue weighted by atomic mass is 10.2. The highest BCUT2D eigenvalue weighted by Crippen LogP contribution is 2.18. The number of fused-ring (bicyclic) bond motifs is 1. The number of nitrogens with one attached hydrogen (secondary N) is 1. The number of carbonyl (C=O) groups is 1. The maximum Gasteiger partial charge on any atom is 0.249 e. The van der Waals surface area contributed by atoms with Gasteiger partial charge in [-0.1, -0.05) is 12.1 Å². The van der Waals surface area contributed by atoms with Crippen molar-refractivity contribution < 1.29 is 15.0 Å². The normalized spacial score (nSPS) is 14.9. The molecule has 0 aliphatic heterocycles. The predicted molar refractivity (Wildman–Crippen MR) is 56.3 cm³/mol. The van der Waals surface area contributed by atoms with E-state index in [4.69, 9.17) is 5.73 Å². The van der Waals surface area contributed by atoms with Crippen LogP contribution in [0.2, 0.25) is 0 Å². The average Bonchev–Trinajstić information content (AvgIpc) is 2.70. The van der Waals surface area contributed by atoms with E-state index in [1.165, 1.54) is 0 Å². The summed E-state index contributed by atoms with van der Waals surface area (Å²) in [5.41, 5.74) is 6.24. The Kier molecular flexibility index (Phi) is 2.59. The van der Waals surface area contributed by atoms with Crippen molar-refractivity contribution in [1.29, 1.82) is 0 Å². The van der Waals surface area contributed by atoms with E-state index in [9.17, 15) is 15.0 Å². The molecule has 0 aliphatic rings. The highest BCUT2D eigenvalue weighted by molar-refractivity contribution is 5.80. The molecule has 6 nitrogen and oxygen atoms in total. The van der Waals surface area contributed by atoms with Gasteiger partial charge in [-0.15, -0.1) is 0 Å². The van der Waals surface area contributed by atoms with Gasteiger partial charge in [-0.05, 0) is 12.1 Å². The van der Waals surface area contributed by atoms with Crippen LogP contribution in [0.25, 0.3) is 11.0 Å². The Hall–Kier alpha value is -1.92. The molecular weight excluding hydrogens is 210 g/mol. The fourth-order valence-corrected chi connectivity index (χ4v) is 1.42. The summed E-state index contributed by atoms with van der Waals surface area (Å²) in [6.07, 6.45) is -3.11. The van der Waals surface area contributed by atoms with Crippen LogP contribution in [0.4, 0.5) is 0 Å². The van der Waals surface area contributed by atoms with E-state index >= 15 is 0 Å². The molecule has 2 aromatic rings. The van der Waals surface area contributed by atoms with Crippen LogP contribution in [0.3, 0.4) is 0 Å². The van der Waals surface area contributed by atoms with Gasteiger partial charge in [0.25, 0.3) is 0 Å². The van der Waals surface area contributed by atoms with Gasteiger partial charge < -0.3 is 20.9 Å². The van der Waals surface area contributed by atoms with Gasteiger partial charge in [-0.3, -0.25) is 4.79 Å². The van der Waals surface area contributed by atoms with Crippen LogP contribution in [-0.4, -0.2) is 32.2 Å². The molecule has 0 spiro atoms. The fourth-order valence-electron chi connectivity index (χ4n) is 1.42. The zero-order valence-electron chi connectivity index (χ0n) is 8.29. The van der Waals surface area contributed by atoms with Gasteiger partial charge >= 0.3 is 0 Å². The molecule has 1 heterocycles. The van der Waals surface area contributed by atoms with E-state index in [1.807, 2.05) is 0 Å². The second kappa shape index (κ2) is 3.92. The summed E-state index contributed by atoms with van der Waals surface area (Å²) in [5.74, 6) is -0.875. The second-order valence-corrected chi connectivity index (χ2v) is 3.43. The van der Waals surface area contributed by atoms with Gasteiger partial charge in [0.1, 0.15) is 11.9 Å². The predicted octanol–water partition coefficient (Wildman–Crippen LogP) is -0.558. The first-order valence-corrected chi connectivity index (χ1v) is 4.69.